The lowest BCUT2D eigenvalue weighted by Gasteiger charge is -2.09. The summed E-state index contributed by atoms with van der Waals surface area (Å²) in [6, 6.07) is 11.9. The summed E-state index contributed by atoms with van der Waals surface area (Å²) in [6.07, 6.45) is 0. The van der Waals surface area contributed by atoms with Crippen molar-refractivity contribution in [1.29, 1.82) is 0 Å². The molecule has 0 radical (unpaired) electrons. The van der Waals surface area contributed by atoms with E-state index in [1.165, 1.54) is 7.11 Å². The van der Waals surface area contributed by atoms with Gasteiger partial charge in [0.05, 0.1) is 19.8 Å². The molecule has 0 aliphatic carbocycles. The molecule has 0 aliphatic heterocycles. The van der Waals surface area contributed by atoms with Crippen molar-refractivity contribution in [3.05, 3.63) is 42.5 Å². The molecule has 0 amide bonds. The van der Waals surface area contributed by atoms with Crippen LogP contribution in [-0.4, -0.2) is 41.6 Å². The molecule has 0 bridgehead atoms. The Kier molecular flexibility index (Phi) is 4.50. The van der Waals surface area contributed by atoms with Gasteiger partial charge >= 0.3 is 7.12 Å². The van der Waals surface area contributed by atoms with Crippen molar-refractivity contribution in [3.63, 3.8) is 0 Å². The Morgan fingerprint density at radius 3 is 2.25 bits per heavy atom. The summed E-state index contributed by atoms with van der Waals surface area (Å²) < 4.78 is 16.3. The van der Waals surface area contributed by atoms with E-state index in [1.54, 1.807) is 49.6 Å². The van der Waals surface area contributed by atoms with Gasteiger partial charge in [-0.15, -0.1) is 10.2 Å². The Balaban J connectivity index is 1.96. The quantitative estimate of drug-likeness (QED) is 0.678. The zero-order valence-electron chi connectivity index (χ0n) is 13.1. The molecule has 3 rings (SSSR count). The molecule has 2 aromatic carbocycles. The Morgan fingerprint density at radius 2 is 1.62 bits per heavy atom. The lowest BCUT2D eigenvalue weighted by molar-refractivity contribution is 0.355. The van der Waals surface area contributed by atoms with Gasteiger partial charge in [0, 0.05) is 5.56 Å². The van der Waals surface area contributed by atoms with Gasteiger partial charge in [-0.05, 0) is 29.7 Å². The average Bonchev–Trinajstić information content (AvgIpc) is 3.10. The van der Waals surface area contributed by atoms with E-state index in [0.717, 1.165) is 0 Å². The topological polar surface area (TPSA) is 97.8 Å². The fraction of sp³-hybridized carbons (Fsp3) is 0.125. The Hall–Kier alpha value is -2.84. The number of rotatable bonds is 5. The summed E-state index contributed by atoms with van der Waals surface area (Å²) >= 11 is 0. The highest BCUT2D eigenvalue weighted by molar-refractivity contribution is 6.58. The standard InChI is InChI=1S/C16H15BN2O5/c1-22-13-5-3-4-12(14(13)23-2)16-19-18-15(24-16)10-6-8-11(9-7-10)17(20)21/h3-9,20-21H,1-2H3. The minimum absolute atomic E-state index is 0.298. The molecule has 0 aliphatic rings. The van der Waals surface area contributed by atoms with Crippen LogP contribution in [0.15, 0.2) is 46.9 Å². The van der Waals surface area contributed by atoms with Gasteiger partial charge in [-0.2, -0.15) is 0 Å². The van der Waals surface area contributed by atoms with Crippen LogP contribution in [0.25, 0.3) is 22.9 Å². The molecule has 7 nitrogen and oxygen atoms in total. The van der Waals surface area contributed by atoms with E-state index in [4.69, 9.17) is 23.9 Å². The van der Waals surface area contributed by atoms with Gasteiger partial charge in [0.25, 0.3) is 5.89 Å². The molecular weight excluding hydrogens is 311 g/mol. The zero-order valence-corrected chi connectivity index (χ0v) is 13.1. The van der Waals surface area contributed by atoms with Crippen molar-refractivity contribution >= 4 is 12.6 Å². The van der Waals surface area contributed by atoms with Crippen LogP contribution in [0.5, 0.6) is 11.5 Å². The molecule has 0 unspecified atom stereocenters. The van der Waals surface area contributed by atoms with Gasteiger partial charge in [-0.25, -0.2) is 0 Å². The first-order valence-electron chi connectivity index (χ1n) is 7.15. The highest BCUT2D eigenvalue weighted by atomic mass is 16.5. The smallest absolute Gasteiger partial charge is 0.488 e. The molecule has 2 N–H and O–H groups in total. The summed E-state index contributed by atoms with van der Waals surface area (Å²) in [5.41, 5.74) is 1.67. The lowest BCUT2D eigenvalue weighted by atomic mass is 9.80. The first-order valence-corrected chi connectivity index (χ1v) is 7.15. The maximum atomic E-state index is 9.12. The second-order valence-electron chi connectivity index (χ2n) is 4.95. The van der Waals surface area contributed by atoms with Crippen molar-refractivity contribution in [2.24, 2.45) is 0 Å². The van der Waals surface area contributed by atoms with Gasteiger partial charge in [-0.3, -0.25) is 0 Å². The second-order valence-corrected chi connectivity index (χ2v) is 4.95. The molecule has 1 heterocycles. The summed E-state index contributed by atoms with van der Waals surface area (Å²) in [6.45, 7) is 0. The van der Waals surface area contributed by atoms with Gasteiger partial charge in [0.1, 0.15) is 0 Å². The van der Waals surface area contributed by atoms with E-state index in [1.807, 2.05) is 0 Å². The highest BCUT2D eigenvalue weighted by Gasteiger charge is 2.18. The number of nitrogens with zero attached hydrogens (tertiary/aromatic N) is 2. The molecule has 0 saturated heterocycles. The van der Waals surface area contributed by atoms with Gasteiger partial charge < -0.3 is 23.9 Å². The number of aromatic nitrogens is 2. The number of benzene rings is 2. The SMILES string of the molecule is COc1cccc(-c2nnc(-c3ccc(B(O)O)cc3)o2)c1OC. The molecule has 3 aromatic rings. The molecule has 0 atom stereocenters. The van der Waals surface area contributed by atoms with Gasteiger partial charge in [-0.1, -0.05) is 18.2 Å². The Morgan fingerprint density at radius 1 is 0.917 bits per heavy atom. The van der Waals surface area contributed by atoms with Crippen LogP contribution < -0.4 is 14.9 Å². The van der Waals surface area contributed by atoms with E-state index in [2.05, 4.69) is 10.2 Å². The van der Waals surface area contributed by atoms with Crippen LogP contribution >= 0.6 is 0 Å². The third-order valence-electron chi connectivity index (χ3n) is 3.51. The molecule has 0 saturated carbocycles. The minimum Gasteiger partial charge on any atom is -0.493 e. The molecular formula is C16H15BN2O5. The van der Waals surface area contributed by atoms with E-state index >= 15 is 0 Å². The van der Waals surface area contributed by atoms with Crippen LogP contribution in [0.4, 0.5) is 0 Å². The molecule has 24 heavy (non-hydrogen) atoms. The number of ether oxygens (including phenoxy) is 2. The Labute approximate surface area is 138 Å². The van der Waals surface area contributed by atoms with Crippen LogP contribution in [-0.2, 0) is 0 Å². The van der Waals surface area contributed by atoms with Crippen molar-refractivity contribution in [2.75, 3.05) is 14.2 Å². The fourth-order valence-corrected chi connectivity index (χ4v) is 2.30. The fourth-order valence-electron chi connectivity index (χ4n) is 2.30. The average molecular weight is 326 g/mol. The van der Waals surface area contributed by atoms with Gasteiger partial charge in [0.15, 0.2) is 11.5 Å². The van der Waals surface area contributed by atoms with Crippen molar-refractivity contribution in [3.8, 4) is 34.4 Å². The monoisotopic (exact) mass is 326 g/mol. The van der Waals surface area contributed by atoms with Crippen LogP contribution in [0.1, 0.15) is 0 Å². The summed E-state index contributed by atoms with van der Waals surface area (Å²) in [5, 5.41) is 26.3. The molecule has 0 spiro atoms. The first-order chi connectivity index (χ1) is 11.6. The predicted molar refractivity (Wildman–Crippen MR) is 88.1 cm³/mol. The molecule has 8 heteroatoms. The summed E-state index contributed by atoms with van der Waals surface area (Å²) in [5.74, 6) is 1.69. The predicted octanol–water partition coefficient (Wildman–Crippen LogP) is 1.10. The van der Waals surface area contributed by atoms with Gasteiger partial charge in [0.2, 0.25) is 5.89 Å². The zero-order chi connectivity index (χ0) is 17.1. The van der Waals surface area contributed by atoms with Crippen molar-refractivity contribution < 1.29 is 23.9 Å². The normalized spacial score (nSPS) is 10.5. The van der Waals surface area contributed by atoms with Crippen LogP contribution in [0.2, 0.25) is 0 Å². The van der Waals surface area contributed by atoms with Crippen LogP contribution in [0.3, 0.4) is 0 Å². The molecule has 122 valence electrons. The molecule has 1 aromatic heterocycles. The maximum Gasteiger partial charge on any atom is 0.488 e. The van der Waals surface area contributed by atoms with E-state index in [-0.39, 0.29) is 0 Å². The summed E-state index contributed by atoms with van der Waals surface area (Å²) in [7, 11) is 1.58. The van der Waals surface area contributed by atoms with Crippen molar-refractivity contribution in [2.45, 2.75) is 0 Å². The van der Waals surface area contributed by atoms with Crippen molar-refractivity contribution in [1.82, 2.24) is 10.2 Å². The second kappa shape index (κ2) is 6.73. The van der Waals surface area contributed by atoms with Crippen LogP contribution in [0, 0.1) is 0 Å². The number of para-hydroxylation sites is 1. The highest BCUT2D eigenvalue weighted by Crippen LogP contribution is 2.37. The Bertz CT molecular complexity index is 833. The molecule has 0 fully saturated rings. The number of methoxy groups -OCH3 is 2. The minimum atomic E-state index is -1.52. The summed E-state index contributed by atoms with van der Waals surface area (Å²) in [4.78, 5) is 0. The van der Waals surface area contributed by atoms with E-state index in [0.29, 0.717) is 39.9 Å². The first kappa shape index (κ1) is 16.0. The third-order valence-corrected chi connectivity index (χ3v) is 3.51. The lowest BCUT2D eigenvalue weighted by Crippen LogP contribution is -2.29. The number of hydrogen-bond acceptors (Lipinski definition) is 7. The largest absolute Gasteiger partial charge is 0.493 e. The van der Waals surface area contributed by atoms with E-state index < -0.39 is 7.12 Å². The van der Waals surface area contributed by atoms with E-state index in [9.17, 15) is 0 Å². The number of hydrogen-bond donors (Lipinski definition) is 2. The maximum absolute atomic E-state index is 9.12. The third kappa shape index (κ3) is 2.97.